The number of ketones is 1. The lowest BCUT2D eigenvalue weighted by Gasteiger charge is -2.23. The van der Waals surface area contributed by atoms with Gasteiger partial charge in [-0.3, -0.25) is 9.59 Å². The average Bonchev–Trinajstić information content (AvgIpc) is 2.51. The molecule has 140 valence electrons. The molecule has 0 unspecified atom stereocenters. The Morgan fingerprint density at radius 1 is 0.960 bits per heavy atom. The average molecular weight is 347 g/mol. The molecule has 1 rings (SSSR count). The number of rotatable bonds is 7. The van der Waals surface area contributed by atoms with Gasteiger partial charge in [-0.25, -0.2) is 0 Å². The highest BCUT2D eigenvalue weighted by atomic mass is 16.5. The first-order valence-electron chi connectivity index (χ1n) is 8.87. The fourth-order valence-electron chi connectivity index (χ4n) is 2.94. The fourth-order valence-corrected chi connectivity index (χ4v) is 2.94. The van der Waals surface area contributed by atoms with Gasteiger partial charge in [-0.15, -0.1) is 0 Å². The second kappa shape index (κ2) is 8.03. The smallest absolute Gasteiger partial charge is 0.254 e. The maximum absolute atomic E-state index is 12.6. The lowest BCUT2D eigenvalue weighted by Crippen LogP contribution is -2.25. The minimum absolute atomic E-state index is 0.000614. The minimum Gasteiger partial charge on any atom is -0.493 e. The van der Waals surface area contributed by atoms with E-state index >= 15 is 0 Å². The molecule has 0 atom stereocenters. The Bertz CT molecular complexity index is 672. The monoisotopic (exact) mass is 347 g/mol. The molecule has 0 fully saturated rings. The molecule has 0 spiro atoms. The van der Waals surface area contributed by atoms with Crippen molar-refractivity contribution in [3.05, 3.63) is 27.8 Å². The van der Waals surface area contributed by atoms with E-state index in [1.54, 1.807) is 25.9 Å². The number of ether oxygens (including phenoxy) is 1. The van der Waals surface area contributed by atoms with Gasteiger partial charge in [0.1, 0.15) is 11.5 Å². The van der Waals surface area contributed by atoms with Gasteiger partial charge in [0, 0.05) is 30.6 Å². The molecule has 0 aliphatic heterocycles. The van der Waals surface area contributed by atoms with Gasteiger partial charge >= 0.3 is 0 Å². The van der Waals surface area contributed by atoms with Crippen molar-refractivity contribution in [2.24, 2.45) is 5.41 Å². The Morgan fingerprint density at radius 2 is 1.52 bits per heavy atom. The van der Waals surface area contributed by atoms with Crippen molar-refractivity contribution in [2.75, 3.05) is 20.7 Å². The Kier molecular flexibility index (Phi) is 6.81. The van der Waals surface area contributed by atoms with Crippen molar-refractivity contribution in [1.29, 1.82) is 0 Å². The van der Waals surface area contributed by atoms with Gasteiger partial charge in [0.05, 0.1) is 6.61 Å². The molecule has 1 aromatic carbocycles. The van der Waals surface area contributed by atoms with E-state index in [1.165, 1.54) is 0 Å². The summed E-state index contributed by atoms with van der Waals surface area (Å²) in [4.78, 5) is 25.8. The van der Waals surface area contributed by atoms with Crippen molar-refractivity contribution in [2.45, 2.75) is 61.3 Å². The van der Waals surface area contributed by atoms with Crippen LogP contribution in [0.1, 0.15) is 66.2 Å². The highest BCUT2D eigenvalue weighted by molar-refractivity contribution is 5.98. The van der Waals surface area contributed by atoms with Crippen LogP contribution in [0.2, 0.25) is 0 Å². The van der Waals surface area contributed by atoms with E-state index in [0.29, 0.717) is 6.61 Å². The van der Waals surface area contributed by atoms with E-state index in [4.69, 9.17) is 4.74 Å². The first-order valence-corrected chi connectivity index (χ1v) is 8.87. The van der Waals surface area contributed by atoms with Crippen LogP contribution in [0.5, 0.6) is 5.75 Å². The molecule has 0 saturated carbocycles. The molecule has 0 heterocycles. The van der Waals surface area contributed by atoms with Crippen LogP contribution < -0.4 is 4.74 Å². The van der Waals surface area contributed by atoms with Crippen LogP contribution in [-0.4, -0.2) is 37.3 Å². The first kappa shape index (κ1) is 21.2. The van der Waals surface area contributed by atoms with Crippen molar-refractivity contribution in [1.82, 2.24) is 4.90 Å². The Labute approximate surface area is 152 Å². The van der Waals surface area contributed by atoms with E-state index in [-0.39, 0.29) is 17.1 Å². The zero-order valence-corrected chi connectivity index (χ0v) is 17.3. The third-order valence-corrected chi connectivity index (χ3v) is 5.32. The molecule has 0 radical (unpaired) electrons. The van der Waals surface area contributed by atoms with E-state index in [9.17, 15) is 9.59 Å². The molecule has 1 amide bonds. The summed E-state index contributed by atoms with van der Waals surface area (Å²) in [6.07, 6.45) is 1.59. The number of benzene rings is 1. The second-order valence-electron chi connectivity index (χ2n) is 7.80. The van der Waals surface area contributed by atoms with Gasteiger partial charge < -0.3 is 9.64 Å². The fraction of sp³-hybridized carbons (Fsp3) is 0.619. The van der Waals surface area contributed by atoms with Crippen LogP contribution in [-0.2, 0) is 4.79 Å². The third-order valence-electron chi connectivity index (χ3n) is 5.32. The maximum atomic E-state index is 12.6. The number of amides is 1. The summed E-state index contributed by atoms with van der Waals surface area (Å²) in [5, 5.41) is 0. The van der Waals surface area contributed by atoms with Gasteiger partial charge in [-0.2, -0.15) is 0 Å². The number of nitrogens with zero attached hydrogens (tertiary/aromatic N) is 1. The van der Waals surface area contributed by atoms with Crippen LogP contribution in [0.4, 0.5) is 0 Å². The topological polar surface area (TPSA) is 46.6 Å². The number of hydrogen-bond donors (Lipinski definition) is 0. The molecule has 0 N–H and O–H groups in total. The maximum Gasteiger partial charge on any atom is 0.254 e. The van der Waals surface area contributed by atoms with Crippen LogP contribution in [0.3, 0.4) is 0 Å². The van der Waals surface area contributed by atoms with E-state index in [1.807, 2.05) is 41.5 Å². The Hall–Kier alpha value is -1.84. The van der Waals surface area contributed by atoms with Crippen molar-refractivity contribution < 1.29 is 14.3 Å². The first-order chi connectivity index (χ1) is 11.4. The van der Waals surface area contributed by atoms with E-state index < -0.39 is 0 Å². The highest BCUT2D eigenvalue weighted by Crippen LogP contribution is 2.33. The largest absolute Gasteiger partial charge is 0.493 e. The minimum atomic E-state index is -0.317. The molecule has 0 aliphatic carbocycles. The molecule has 0 aliphatic rings. The summed E-state index contributed by atoms with van der Waals surface area (Å²) in [5.41, 5.74) is 4.49. The molecule has 0 bridgehead atoms. The molecular weight excluding hydrogens is 314 g/mol. The molecule has 1 aromatic rings. The third kappa shape index (κ3) is 4.62. The van der Waals surface area contributed by atoms with E-state index in [0.717, 1.165) is 46.4 Å². The standard InChI is InChI=1S/C21H33NO3/c1-13-14(2)18(20(24)22(8)9)16(4)19(15(13)3)25-12-10-11-21(6,7)17(5)23/h10-12H2,1-9H3. The number of Topliss-reactive ketones (excluding diaryl/α,β-unsaturated/α-hetero) is 1. The molecule has 0 aromatic heterocycles. The molecule has 4 heteroatoms. The van der Waals surface area contributed by atoms with Crippen LogP contribution in [0, 0.1) is 33.1 Å². The predicted molar refractivity (Wildman–Crippen MR) is 103 cm³/mol. The summed E-state index contributed by atoms with van der Waals surface area (Å²) in [7, 11) is 3.53. The molecule has 25 heavy (non-hydrogen) atoms. The number of carbonyl (C=O) groups excluding carboxylic acids is 2. The van der Waals surface area contributed by atoms with Crippen LogP contribution in [0.15, 0.2) is 0 Å². The summed E-state index contributed by atoms with van der Waals surface area (Å²) in [6.45, 7) is 14.1. The summed E-state index contributed by atoms with van der Waals surface area (Å²) in [6, 6.07) is 0. The van der Waals surface area contributed by atoms with Gasteiger partial charge in [-0.05, 0) is 64.2 Å². The zero-order chi connectivity index (χ0) is 19.5. The summed E-state index contributed by atoms with van der Waals surface area (Å²) in [5.74, 6) is 1.000. The summed E-state index contributed by atoms with van der Waals surface area (Å²) >= 11 is 0. The van der Waals surface area contributed by atoms with Gasteiger partial charge in [0.25, 0.3) is 5.91 Å². The van der Waals surface area contributed by atoms with Crippen molar-refractivity contribution in [3.8, 4) is 5.75 Å². The van der Waals surface area contributed by atoms with Crippen LogP contribution >= 0.6 is 0 Å². The number of hydrogen-bond acceptors (Lipinski definition) is 3. The molecule has 0 saturated heterocycles. The predicted octanol–water partition coefficient (Wildman–Crippen LogP) is 4.40. The van der Waals surface area contributed by atoms with Crippen molar-refractivity contribution >= 4 is 11.7 Å². The van der Waals surface area contributed by atoms with Gasteiger partial charge in [0.2, 0.25) is 0 Å². The van der Waals surface area contributed by atoms with Gasteiger partial charge in [-0.1, -0.05) is 13.8 Å². The summed E-state index contributed by atoms with van der Waals surface area (Å²) < 4.78 is 6.07. The van der Waals surface area contributed by atoms with Crippen LogP contribution in [0.25, 0.3) is 0 Å². The van der Waals surface area contributed by atoms with E-state index in [2.05, 4.69) is 0 Å². The number of carbonyl (C=O) groups is 2. The van der Waals surface area contributed by atoms with Crippen molar-refractivity contribution in [3.63, 3.8) is 0 Å². The Balaban J connectivity index is 3.05. The SMILES string of the molecule is CC(=O)C(C)(C)CCCOc1c(C)c(C)c(C)c(C(=O)N(C)C)c1C. The van der Waals surface area contributed by atoms with Gasteiger partial charge in [0.15, 0.2) is 0 Å². The lowest BCUT2D eigenvalue weighted by atomic mass is 9.84. The zero-order valence-electron chi connectivity index (χ0n) is 17.3. The normalized spacial score (nSPS) is 11.4. The quantitative estimate of drug-likeness (QED) is 0.687. The second-order valence-corrected chi connectivity index (χ2v) is 7.80. The molecular formula is C21H33NO3. The molecule has 4 nitrogen and oxygen atoms in total. The highest BCUT2D eigenvalue weighted by Gasteiger charge is 2.24. The lowest BCUT2D eigenvalue weighted by molar-refractivity contribution is -0.125. The Morgan fingerprint density at radius 3 is 2.00 bits per heavy atom.